The number of nitrogens with one attached hydrogen (secondary N) is 1. The summed E-state index contributed by atoms with van der Waals surface area (Å²) in [7, 11) is -3.45. The molecule has 2 heterocycles. The zero-order valence-electron chi connectivity index (χ0n) is 13.9. The van der Waals surface area contributed by atoms with E-state index in [1.54, 1.807) is 17.5 Å². The molecule has 1 aliphatic carbocycles. The summed E-state index contributed by atoms with van der Waals surface area (Å²) >= 11 is 1.23. The maximum Gasteiger partial charge on any atom is 0.252 e. The van der Waals surface area contributed by atoms with Gasteiger partial charge in [0.15, 0.2) is 0 Å². The normalized spacial score (nSPS) is 24.4. The zero-order valence-corrected chi connectivity index (χ0v) is 15.6. The quantitative estimate of drug-likeness (QED) is 0.829. The Morgan fingerprint density at radius 2 is 1.88 bits per heavy atom. The predicted octanol–water partition coefficient (Wildman–Crippen LogP) is 2.99. The molecule has 1 aromatic rings. The summed E-state index contributed by atoms with van der Waals surface area (Å²) in [6.07, 6.45) is 8.47. The van der Waals surface area contributed by atoms with Crippen molar-refractivity contribution in [3.8, 4) is 0 Å². The predicted molar refractivity (Wildman–Crippen MR) is 95.4 cm³/mol. The highest BCUT2D eigenvalue weighted by atomic mass is 32.2. The Bertz CT molecular complexity index is 635. The number of amides is 1. The lowest BCUT2D eigenvalue weighted by atomic mass is 9.97. The minimum atomic E-state index is -3.45. The van der Waals surface area contributed by atoms with E-state index in [2.05, 4.69) is 5.32 Å². The van der Waals surface area contributed by atoms with Gasteiger partial charge in [-0.3, -0.25) is 4.79 Å². The third-order valence-corrected chi connectivity index (χ3v) is 8.28. The Balaban J connectivity index is 1.61. The Kier molecular flexibility index (Phi) is 5.94. The summed E-state index contributed by atoms with van der Waals surface area (Å²) in [4.78, 5) is 12.6. The molecule has 0 bridgehead atoms. The molecule has 2 aliphatic rings. The lowest BCUT2D eigenvalue weighted by molar-refractivity contribution is -0.126. The van der Waals surface area contributed by atoms with Crippen LogP contribution in [-0.4, -0.2) is 37.8 Å². The van der Waals surface area contributed by atoms with Crippen LogP contribution < -0.4 is 5.32 Å². The molecular weight excluding hydrogens is 344 g/mol. The minimum absolute atomic E-state index is 0.0352. The first-order chi connectivity index (χ1) is 11.6. The van der Waals surface area contributed by atoms with E-state index in [-0.39, 0.29) is 17.9 Å². The van der Waals surface area contributed by atoms with Gasteiger partial charge in [0, 0.05) is 19.1 Å². The van der Waals surface area contributed by atoms with Gasteiger partial charge in [-0.2, -0.15) is 4.31 Å². The summed E-state index contributed by atoms with van der Waals surface area (Å²) in [5.74, 6) is -0.190. The average Bonchev–Trinajstić information content (AvgIpc) is 3.02. The van der Waals surface area contributed by atoms with E-state index >= 15 is 0 Å². The average molecular weight is 371 g/mol. The molecule has 24 heavy (non-hydrogen) atoms. The number of sulfonamides is 1. The molecule has 1 amide bonds. The van der Waals surface area contributed by atoms with E-state index in [9.17, 15) is 13.2 Å². The lowest BCUT2D eigenvalue weighted by Crippen LogP contribution is -2.47. The molecule has 5 nitrogen and oxygen atoms in total. The van der Waals surface area contributed by atoms with E-state index in [0.29, 0.717) is 17.3 Å². The Hall–Kier alpha value is -0.920. The van der Waals surface area contributed by atoms with Crippen LogP contribution in [0.15, 0.2) is 21.7 Å². The zero-order chi connectivity index (χ0) is 17.0. The molecule has 1 saturated heterocycles. The first-order valence-corrected chi connectivity index (χ1v) is 11.2. The molecule has 1 N–H and O–H groups in total. The summed E-state index contributed by atoms with van der Waals surface area (Å²) in [5, 5.41) is 4.95. The third-order valence-electron chi connectivity index (χ3n) is 5.05. The second kappa shape index (κ2) is 7.97. The third kappa shape index (κ3) is 4.18. The fraction of sp³-hybridized carbons (Fsp3) is 0.706. The molecule has 0 spiro atoms. The van der Waals surface area contributed by atoms with Crippen molar-refractivity contribution >= 4 is 27.3 Å². The lowest BCUT2D eigenvalue weighted by Gasteiger charge is -2.31. The van der Waals surface area contributed by atoms with Crippen molar-refractivity contribution in [1.82, 2.24) is 9.62 Å². The maximum absolute atomic E-state index is 12.7. The van der Waals surface area contributed by atoms with Crippen molar-refractivity contribution in [3.05, 3.63) is 17.5 Å². The second-order valence-electron chi connectivity index (χ2n) is 6.83. The molecule has 0 radical (unpaired) electrons. The van der Waals surface area contributed by atoms with Crippen LogP contribution in [0.1, 0.15) is 51.4 Å². The van der Waals surface area contributed by atoms with Crippen LogP contribution in [-0.2, 0) is 14.8 Å². The van der Waals surface area contributed by atoms with Crippen LogP contribution in [0.4, 0.5) is 0 Å². The summed E-state index contributed by atoms with van der Waals surface area (Å²) < 4.78 is 27.2. The molecular formula is C17H26N2O3S2. The second-order valence-corrected chi connectivity index (χ2v) is 9.94. The van der Waals surface area contributed by atoms with Crippen molar-refractivity contribution in [3.63, 3.8) is 0 Å². The number of rotatable bonds is 4. The van der Waals surface area contributed by atoms with E-state index in [4.69, 9.17) is 0 Å². The van der Waals surface area contributed by atoms with Crippen LogP contribution in [0.5, 0.6) is 0 Å². The van der Waals surface area contributed by atoms with Crippen LogP contribution in [0.2, 0.25) is 0 Å². The van der Waals surface area contributed by atoms with Gasteiger partial charge in [0.2, 0.25) is 5.91 Å². The van der Waals surface area contributed by atoms with Crippen molar-refractivity contribution in [1.29, 1.82) is 0 Å². The first-order valence-electron chi connectivity index (χ1n) is 8.91. The van der Waals surface area contributed by atoms with E-state index in [0.717, 1.165) is 25.7 Å². The Morgan fingerprint density at radius 3 is 2.54 bits per heavy atom. The van der Waals surface area contributed by atoms with E-state index in [1.165, 1.54) is 41.3 Å². The molecule has 0 aromatic carbocycles. The number of piperidine rings is 1. The standard InChI is InChI=1S/C17H26N2O3S2/c20-17(18-15-8-3-1-2-4-9-15)14-7-5-11-19(13-14)24(21,22)16-10-6-12-23-16/h6,10,12,14-15H,1-5,7-9,11,13H2,(H,18,20)/t14-/m1/s1. The molecule has 1 saturated carbocycles. The van der Waals surface area contributed by atoms with Crippen LogP contribution in [0.3, 0.4) is 0 Å². The van der Waals surface area contributed by atoms with Crippen molar-refractivity contribution in [2.24, 2.45) is 5.92 Å². The minimum Gasteiger partial charge on any atom is -0.353 e. The molecule has 7 heteroatoms. The number of hydrogen-bond donors (Lipinski definition) is 1. The van der Waals surface area contributed by atoms with Gasteiger partial charge in [-0.05, 0) is 37.1 Å². The molecule has 1 atom stereocenters. The van der Waals surface area contributed by atoms with Crippen molar-refractivity contribution < 1.29 is 13.2 Å². The van der Waals surface area contributed by atoms with Crippen LogP contribution >= 0.6 is 11.3 Å². The fourth-order valence-electron chi connectivity index (χ4n) is 3.65. The monoisotopic (exact) mass is 370 g/mol. The number of nitrogens with zero attached hydrogens (tertiary/aromatic N) is 1. The topological polar surface area (TPSA) is 66.5 Å². The molecule has 0 unspecified atom stereocenters. The number of hydrogen-bond acceptors (Lipinski definition) is 4. The molecule has 134 valence electrons. The van der Waals surface area contributed by atoms with Crippen molar-refractivity contribution in [2.45, 2.75) is 61.6 Å². The highest BCUT2D eigenvalue weighted by Crippen LogP contribution is 2.27. The first kappa shape index (κ1) is 17.9. The highest BCUT2D eigenvalue weighted by molar-refractivity contribution is 7.91. The van der Waals surface area contributed by atoms with Gasteiger partial charge in [-0.1, -0.05) is 31.7 Å². The molecule has 3 rings (SSSR count). The van der Waals surface area contributed by atoms with Gasteiger partial charge < -0.3 is 5.32 Å². The summed E-state index contributed by atoms with van der Waals surface area (Å²) in [6, 6.07) is 3.65. The van der Waals surface area contributed by atoms with Gasteiger partial charge in [-0.15, -0.1) is 11.3 Å². The number of carbonyl (C=O) groups is 1. The van der Waals surface area contributed by atoms with Gasteiger partial charge in [-0.25, -0.2) is 8.42 Å². The smallest absolute Gasteiger partial charge is 0.252 e. The SMILES string of the molecule is O=C(NC1CCCCCC1)[C@@H]1CCCN(S(=O)(=O)c2cccs2)C1. The van der Waals surface area contributed by atoms with E-state index in [1.807, 2.05) is 0 Å². The fourth-order valence-corrected chi connectivity index (χ4v) is 6.32. The molecule has 1 aromatic heterocycles. The summed E-state index contributed by atoms with van der Waals surface area (Å²) in [6.45, 7) is 0.812. The summed E-state index contributed by atoms with van der Waals surface area (Å²) in [5.41, 5.74) is 0. The van der Waals surface area contributed by atoms with Crippen LogP contribution in [0, 0.1) is 5.92 Å². The highest BCUT2D eigenvalue weighted by Gasteiger charge is 2.34. The Labute approximate surface area is 148 Å². The molecule has 2 fully saturated rings. The van der Waals surface area contributed by atoms with Gasteiger partial charge in [0.05, 0.1) is 5.92 Å². The number of thiophene rings is 1. The molecule has 1 aliphatic heterocycles. The Morgan fingerprint density at radius 1 is 1.12 bits per heavy atom. The van der Waals surface area contributed by atoms with Gasteiger partial charge in [0.25, 0.3) is 10.0 Å². The maximum atomic E-state index is 12.7. The number of carbonyl (C=O) groups excluding carboxylic acids is 1. The van der Waals surface area contributed by atoms with Crippen LogP contribution in [0.25, 0.3) is 0 Å². The van der Waals surface area contributed by atoms with Crippen molar-refractivity contribution in [2.75, 3.05) is 13.1 Å². The van der Waals surface area contributed by atoms with Gasteiger partial charge >= 0.3 is 0 Å². The largest absolute Gasteiger partial charge is 0.353 e. The van der Waals surface area contributed by atoms with Gasteiger partial charge in [0.1, 0.15) is 4.21 Å². The van der Waals surface area contributed by atoms with E-state index < -0.39 is 10.0 Å².